The van der Waals surface area contributed by atoms with Crippen molar-refractivity contribution in [3.05, 3.63) is 34.3 Å². The second-order valence-electron chi connectivity index (χ2n) is 5.68. The summed E-state index contributed by atoms with van der Waals surface area (Å²) in [4.78, 5) is 18.7. The molecular formula is C17H18N3O2S2+. The van der Waals surface area contributed by atoms with Crippen LogP contribution in [0, 0.1) is 11.3 Å². The molecule has 0 aromatic carbocycles. The van der Waals surface area contributed by atoms with Crippen LogP contribution in [0.5, 0.6) is 0 Å². The van der Waals surface area contributed by atoms with Gasteiger partial charge in [0.1, 0.15) is 17.6 Å². The zero-order valence-corrected chi connectivity index (χ0v) is 15.2. The van der Waals surface area contributed by atoms with E-state index < -0.39 is 0 Å². The highest BCUT2D eigenvalue weighted by Gasteiger charge is 2.27. The van der Waals surface area contributed by atoms with Gasteiger partial charge in [0.05, 0.1) is 37.7 Å². The van der Waals surface area contributed by atoms with Gasteiger partial charge in [-0.15, -0.1) is 11.3 Å². The van der Waals surface area contributed by atoms with Crippen LogP contribution in [0.2, 0.25) is 0 Å². The Kier molecular flexibility index (Phi) is 5.19. The van der Waals surface area contributed by atoms with E-state index in [1.807, 2.05) is 17.5 Å². The first kappa shape index (κ1) is 17.0. The molecule has 1 N–H and O–H groups in total. The maximum Gasteiger partial charge on any atom is 0.316 e. The molecule has 2 aromatic heterocycles. The van der Waals surface area contributed by atoms with Crippen LogP contribution in [0.4, 0.5) is 0 Å². The normalized spacial score (nSPS) is 16.3. The van der Waals surface area contributed by atoms with Crippen LogP contribution >= 0.6 is 23.1 Å². The number of rotatable bonds is 4. The van der Waals surface area contributed by atoms with Crippen molar-refractivity contribution in [2.75, 3.05) is 26.5 Å². The number of likely N-dealkylation sites (N-methyl/N-ethyl adjacent to an activating group) is 1. The number of hydrogen-bond donors (Lipinski definition) is 1. The third-order valence-electron chi connectivity index (χ3n) is 4.05. The molecule has 1 unspecified atom stereocenters. The Morgan fingerprint density at radius 2 is 2.42 bits per heavy atom. The molecule has 3 rings (SSSR count). The predicted molar refractivity (Wildman–Crippen MR) is 94.2 cm³/mol. The van der Waals surface area contributed by atoms with Crippen LogP contribution in [0.15, 0.2) is 22.5 Å². The number of methoxy groups -OCH3 is 1. The summed E-state index contributed by atoms with van der Waals surface area (Å²) in [5.74, 6) is -0.156. The Morgan fingerprint density at radius 3 is 3.08 bits per heavy atom. The molecule has 0 saturated heterocycles. The molecule has 0 saturated carbocycles. The molecule has 7 heteroatoms. The smallest absolute Gasteiger partial charge is 0.316 e. The van der Waals surface area contributed by atoms with Gasteiger partial charge >= 0.3 is 5.97 Å². The van der Waals surface area contributed by atoms with Gasteiger partial charge in [-0.1, -0.05) is 17.8 Å². The first-order valence-corrected chi connectivity index (χ1v) is 9.51. The molecular weight excluding hydrogens is 342 g/mol. The fourth-order valence-corrected chi connectivity index (χ4v) is 4.50. The summed E-state index contributed by atoms with van der Waals surface area (Å²) >= 11 is 2.91. The van der Waals surface area contributed by atoms with Crippen LogP contribution in [0.25, 0.3) is 10.4 Å². The number of fused-ring (bicyclic) bond motifs is 1. The van der Waals surface area contributed by atoms with E-state index in [-0.39, 0.29) is 11.7 Å². The molecule has 0 spiro atoms. The van der Waals surface area contributed by atoms with Crippen molar-refractivity contribution in [3.8, 4) is 16.5 Å². The summed E-state index contributed by atoms with van der Waals surface area (Å²) in [5.41, 5.74) is 3.78. The number of thiophene rings is 1. The highest BCUT2D eigenvalue weighted by Crippen LogP contribution is 2.37. The molecule has 0 radical (unpaired) electrons. The fourth-order valence-electron chi connectivity index (χ4n) is 2.85. The van der Waals surface area contributed by atoms with E-state index >= 15 is 0 Å². The van der Waals surface area contributed by atoms with Crippen molar-refractivity contribution in [1.82, 2.24) is 4.98 Å². The second kappa shape index (κ2) is 7.34. The average Bonchev–Trinajstić information content (AvgIpc) is 3.12. The Balaban J connectivity index is 2.13. The topological polar surface area (TPSA) is 67.4 Å². The average molecular weight is 360 g/mol. The largest absolute Gasteiger partial charge is 0.468 e. The Hall–Kier alpha value is -1.88. The molecule has 0 aliphatic carbocycles. The van der Waals surface area contributed by atoms with E-state index in [1.54, 1.807) is 11.3 Å². The van der Waals surface area contributed by atoms with Gasteiger partial charge < -0.3 is 9.64 Å². The number of esters is 1. The number of quaternary nitrogens is 1. The van der Waals surface area contributed by atoms with Gasteiger partial charge in [0, 0.05) is 22.4 Å². The van der Waals surface area contributed by atoms with E-state index in [2.05, 4.69) is 13.1 Å². The molecule has 1 atom stereocenters. The number of carbonyl (C=O) groups excluding carboxylic acids is 1. The third kappa shape index (κ3) is 3.31. The molecule has 124 valence electrons. The second-order valence-corrected chi connectivity index (χ2v) is 7.59. The molecule has 1 aliphatic heterocycles. The van der Waals surface area contributed by atoms with Gasteiger partial charge in [-0.05, 0) is 11.4 Å². The van der Waals surface area contributed by atoms with Gasteiger partial charge in [0.15, 0.2) is 0 Å². The monoisotopic (exact) mass is 360 g/mol. The minimum Gasteiger partial charge on any atom is -0.468 e. The van der Waals surface area contributed by atoms with Gasteiger partial charge in [-0.25, -0.2) is 4.98 Å². The minimum absolute atomic E-state index is 0.159. The number of aromatic nitrogens is 1. The minimum atomic E-state index is -0.315. The van der Waals surface area contributed by atoms with E-state index in [0.717, 1.165) is 35.6 Å². The van der Waals surface area contributed by atoms with Crippen molar-refractivity contribution in [3.63, 3.8) is 0 Å². The Labute approximate surface area is 149 Å². The van der Waals surface area contributed by atoms with Crippen molar-refractivity contribution in [1.29, 1.82) is 5.26 Å². The molecule has 5 nitrogen and oxygen atoms in total. The highest BCUT2D eigenvalue weighted by molar-refractivity contribution is 7.99. The SMILES string of the molecule is COC(=O)CSc1nc2c(c(-c3cccs3)c1C#N)C[NH+](C)CC2. The van der Waals surface area contributed by atoms with Gasteiger partial charge in [-0.3, -0.25) is 4.79 Å². The van der Waals surface area contributed by atoms with Crippen LogP contribution in [-0.2, 0) is 22.5 Å². The maximum absolute atomic E-state index is 11.5. The molecule has 0 bridgehead atoms. The van der Waals surface area contributed by atoms with Crippen molar-refractivity contribution in [2.45, 2.75) is 18.0 Å². The van der Waals surface area contributed by atoms with E-state index in [1.165, 1.54) is 29.3 Å². The van der Waals surface area contributed by atoms with Crippen molar-refractivity contribution < 1.29 is 14.4 Å². The Bertz CT molecular complexity index is 797. The Morgan fingerprint density at radius 1 is 1.58 bits per heavy atom. The summed E-state index contributed by atoms with van der Waals surface area (Å²) in [5, 5.41) is 12.4. The van der Waals surface area contributed by atoms with E-state index in [4.69, 9.17) is 9.72 Å². The number of carbonyl (C=O) groups is 1. The van der Waals surface area contributed by atoms with Gasteiger partial charge in [0.25, 0.3) is 0 Å². The fraction of sp³-hybridized carbons (Fsp3) is 0.353. The number of thioether (sulfide) groups is 1. The lowest BCUT2D eigenvalue weighted by molar-refractivity contribution is -0.895. The third-order valence-corrected chi connectivity index (χ3v) is 5.89. The van der Waals surface area contributed by atoms with Gasteiger partial charge in [0.2, 0.25) is 0 Å². The number of pyridine rings is 1. The molecule has 0 amide bonds. The molecule has 1 aliphatic rings. The van der Waals surface area contributed by atoms with Gasteiger partial charge in [-0.2, -0.15) is 5.26 Å². The molecule has 3 heterocycles. The summed E-state index contributed by atoms with van der Waals surface area (Å²) in [6.45, 7) is 1.89. The number of nitrogens with zero attached hydrogens (tertiary/aromatic N) is 2. The molecule has 24 heavy (non-hydrogen) atoms. The highest BCUT2D eigenvalue weighted by atomic mass is 32.2. The quantitative estimate of drug-likeness (QED) is 0.661. The van der Waals surface area contributed by atoms with E-state index in [0.29, 0.717) is 10.6 Å². The first-order valence-electron chi connectivity index (χ1n) is 7.64. The van der Waals surface area contributed by atoms with Crippen LogP contribution in [-0.4, -0.2) is 37.4 Å². The standard InChI is InChI=1S/C17H17N3O2S2/c1-20-6-5-13-12(9-20)16(14-4-3-7-23-14)11(8-18)17(19-13)24-10-15(21)22-2/h3-4,7H,5-6,9-10H2,1-2H3/p+1. The van der Waals surface area contributed by atoms with Crippen molar-refractivity contribution in [2.24, 2.45) is 0 Å². The zero-order valence-electron chi connectivity index (χ0n) is 13.6. The summed E-state index contributed by atoms with van der Waals surface area (Å²) in [6, 6.07) is 6.36. The summed E-state index contributed by atoms with van der Waals surface area (Å²) in [6.07, 6.45) is 0.886. The van der Waals surface area contributed by atoms with E-state index in [9.17, 15) is 10.1 Å². The van der Waals surface area contributed by atoms with Crippen LogP contribution in [0.3, 0.4) is 0 Å². The number of nitrogens with one attached hydrogen (secondary N) is 1. The molecule has 0 fully saturated rings. The number of ether oxygens (including phenoxy) is 1. The first-order chi connectivity index (χ1) is 11.6. The maximum atomic E-state index is 11.5. The lowest BCUT2D eigenvalue weighted by Gasteiger charge is -2.25. The number of hydrogen-bond acceptors (Lipinski definition) is 6. The molecule has 2 aromatic rings. The predicted octanol–water partition coefficient (Wildman–Crippen LogP) is 1.52. The lowest BCUT2D eigenvalue weighted by atomic mass is 9.96. The summed E-state index contributed by atoms with van der Waals surface area (Å²) in [7, 11) is 3.52. The lowest BCUT2D eigenvalue weighted by Crippen LogP contribution is -3.08. The zero-order chi connectivity index (χ0) is 17.1. The number of nitriles is 1. The van der Waals surface area contributed by atoms with Crippen LogP contribution < -0.4 is 4.90 Å². The van der Waals surface area contributed by atoms with Crippen LogP contribution in [0.1, 0.15) is 16.8 Å². The van der Waals surface area contributed by atoms with Crippen molar-refractivity contribution >= 4 is 29.1 Å². The summed E-state index contributed by atoms with van der Waals surface area (Å²) < 4.78 is 4.70.